The van der Waals surface area contributed by atoms with Crippen molar-refractivity contribution in [1.82, 2.24) is 5.43 Å². The largest absolute Gasteiger partial charge is 0.312 e. The molecule has 128 valence electrons. The number of aryl methyl sites for hydroxylation is 1. The first-order valence-corrected chi connectivity index (χ1v) is 8.37. The third-order valence-electron chi connectivity index (χ3n) is 4.13. The van der Waals surface area contributed by atoms with E-state index in [4.69, 9.17) is 11.6 Å². The summed E-state index contributed by atoms with van der Waals surface area (Å²) in [5, 5.41) is 4.50. The first-order chi connectivity index (χ1) is 12.0. The van der Waals surface area contributed by atoms with E-state index >= 15 is 0 Å². The van der Waals surface area contributed by atoms with Crippen molar-refractivity contribution in [2.45, 2.75) is 13.3 Å². The van der Waals surface area contributed by atoms with E-state index < -0.39 is 5.92 Å². The summed E-state index contributed by atoms with van der Waals surface area (Å²) in [7, 11) is 0. The van der Waals surface area contributed by atoms with Gasteiger partial charge in [0, 0.05) is 29.2 Å². The molecule has 0 spiro atoms. The lowest BCUT2D eigenvalue weighted by Crippen LogP contribution is -2.30. The Hall–Kier alpha value is -2.66. The first kappa shape index (κ1) is 17.2. The zero-order chi connectivity index (χ0) is 17.8. The van der Waals surface area contributed by atoms with Gasteiger partial charge in [-0.25, -0.2) is 5.43 Å². The SMILES string of the molecule is Cc1ccc(N2CC(C(=O)N/N=C/c3ccccc3Cl)CC2=O)cc1. The summed E-state index contributed by atoms with van der Waals surface area (Å²) < 4.78 is 0. The molecule has 2 aromatic rings. The molecular weight excluding hydrogens is 338 g/mol. The number of amides is 2. The van der Waals surface area contributed by atoms with Gasteiger partial charge in [0.05, 0.1) is 12.1 Å². The van der Waals surface area contributed by atoms with E-state index in [9.17, 15) is 9.59 Å². The fraction of sp³-hybridized carbons (Fsp3) is 0.211. The van der Waals surface area contributed by atoms with E-state index in [1.54, 1.807) is 17.0 Å². The van der Waals surface area contributed by atoms with E-state index in [-0.39, 0.29) is 18.2 Å². The van der Waals surface area contributed by atoms with Crippen LogP contribution in [0, 0.1) is 12.8 Å². The Labute approximate surface area is 151 Å². The van der Waals surface area contributed by atoms with Gasteiger partial charge in [0.2, 0.25) is 11.8 Å². The van der Waals surface area contributed by atoms with E-state index in [2.05, 4.69) is 10.5 Å². The van der Waals surface area contributed by atoms with Crippen LogP contribution in [0.1, 0.15) is 17.5 Å². The Kier molecular flexibility index (Phi) is 5.14. The van der Waals surface area contributed by atoms with Gasteiger partial charge in [0.15, 0.2) is 0 Å². The number of nitrogens with zero attached hydrogens (tertiary/aromatic N) is 2. The molecule has 1 heterocycles. The summed E-state index contributed by atoms with van der Waals surface area (Å²) in [5.74, 6) is -0.748. The number of carbonyl (C=O) groups is 2. The molecule has 2 amide bonds. The predicted octanol–water partition coefficient (Wildman–Crippen LogP) is 3.15. The molecule has 0 saturated carbocycles. The maximum atomic E-state index is 12.3. The molecule has 0 aliphatic carbocycles. The highest BCUT2D eigenvalue weighted by Crippen LogP contribution is 2.25. The van der Waals surface area contributed by atoms with Gasteiger partial charge in [-0.2, -0.15) is 5.10 Å². The molecule has 1 atom stereocenters. The van der Waals surface area contributed by atoms with Crippen LogP contribution in [0.5, 0.6) is 0 Å². The summed E-state index contributed by atoms with van der Waals surface area (Å²) in [6.07, 6.45) is 1.68. The van der Waals surface area contributed by atoms with Crippen molar-refractivity contribution in [1.29, 1.82) is 0 Å². The van der Waals surface area contributed by atoms with E-state index in [0.29, 0.717) is 17.1 Å². The molecule has 0 aromatic heterocycles. The molecule has 25 heavy (non-hydrogen) atoms. The third kappa shape index (κ3) is 4.06. The minimum Gasteiger partial charge on any atom is -0.312 e. The molecule has 0 radical (unpaired) electrons. The van der Waals surface area contributed by atoms with Crippen molar-refractivity contribution >= 4 is 35.3 Å². The number of nitrogens with one attached hydrogen (secondary N) is 1. The number of benzene rings is 2. The fourth-order valence-corrected chi connectivity index (χ4v) is 2.88. The molecule has 5 nitrogen and oxygen atoms in total. The van der Waals surface area contributed by atoms with Gasteiger partial charge in [-0.05, 0) is 25.1 Å². The van der Waals surface area contributed by atoms with E-state index in [1.807, 2.05) is 43.3 Å². The predicted molar refractivity (Wildman–Crippen MR) is 98.8 cm³/mol. The second kappa shape index (κ2) is 7.49. The Morgan fingerprint density at radius 2 is 1.96 bits per heavy atom. The van der Waals surface area contributed by atoms with Crippen LogP contribution in [0.3, 0.4) is 0 Å². The van der Waals surface area contributed by atoms with E-state index in [1.165, 1.54) is 6.21 Å². The second-order valence-electron chi connectivity index (χ2n) is 6.00. The van der Waals surface area contributed by atoms with Gasteiger partial charge < -0.3 is 4.90 Å². The van der Waals surface area contributed by atoms with Crippen molar-refractivity contribution in [2.75, 3.05) is 11.4 Å². The summed E-state index contributed by atoms with van der Waals surface area (Å²) in [6, 6.07) is 14.9. The van der Waals surface area contributed by atoms with Crippen molar-refractivity contribution in [2.24, 2.45) is 11.0 Å². The van der Waals surface area contributed by atoms with Crippen LogP contribution in [-0.2, 0) is 9.59 Å². The van der Waals surface area contributed by atoms with Gasteiger partial charge in [-0.3, -0.25) is 9.59 Å². The lowest BCUT2D eigenvalue weighted by Gasteiger charge is -2.16. The van der Waals surface area contributed by atoms with Crippen LogP contribution >= 0.6 is 11.6 Å². The number of carbonyl (C=O) groups excluding carboxylic acids is 2. The number of anilines is 1. The number of halogens is 1. The zero-order valence-electron chi connectivity index (χ0n) is 13.8. The maximum absolute atomic E-state index is 12.3. The smallest absolute Gasteiger partial charge is 0.245 e. The minimum absolute atomic E-state index is 0.0564. The summed E-state index contributed by atoms with van der Waals surface area (Å²) in [6.45, 7) is 2.35. The van der Waals surface area contributed by atoms with Crippen LogP contribution in [-0.4, -0.2) is 24.6 Å². The number of hydrazone groups is 1. The summed E-state index contributed by atoms with van der Waals surface area (Å²) >= 11 is 6.03. The molecule has 1 N–H and O–H groups in total. The zero-order valence-corrected chi connectivity index (χ0v) is 14.5. The highest BCUT2D eigenvalue weighted by molar-refractivity contribution is 6.33. The highest BCUT2D eigenvalue weighted by Gasteiger charge is 2.35. The molecule has 2 aromatic carbocycles. The average molecular weight is 356 g/mol. The monoisotopic (exact) mass is 355 g/mol. The Bertz CT molecular complexity index is 818. The van der Waals surface area contributed by atoms with Crippen molar-refractivity contribution in [3.05, 3.63) is 64.7 Å². The minimum atomic E-state index is -0.419. The van der Waals surface area contributed by atoms with E-state index in [0.717, 1.165) is 11.3 Å². The summed E-state index contributed by atoms with van der Waals surface area (Å²) in [5.41, 5.74) is 5.15. The molecule has 6 heteroatoms. The second-order valence-corrected chi connectivity index (χ2v) is 6.40. The molecule has 0 bridgehead atoms. The molecule has 1 aliphatic heterocycles. The van der Waals surface area contributed by atoms with Gasteiger partial charge in [-0.1, -0.05) is 47.5 Å². The summed E-state index contributed by atoms with van der Waals surface area (Å²) in [4.78, 5) is 26.1. The standard InChI is InChI=1S/C19H18ClN3O2/c1-13-6-8-16(9-7-13)23-12-15(10-18(23)24)19(25)22-21-11-14-4-2-3-5-17(14)20/h2-9,11,15H,10,12H2,1H3,(H,22,25)/b21-11+. The van der Waals surface area contributed by atoms with Gasteiger partial charge in [0.25, 0.3) is 0 Å². The van der Waals surface area contributed by atoms with Crippen LogP contribution < -0.4 is 10.3 Å². The van der Waals surface area contributed by atoms with Crippen molar-refractivity contribution in [3.8, 4) is 0 Å². The lowest BCUT2D eigenvalue weighted by molar-refractivity contribution is -0.126. The quantitative estimate of drug-likeness (QED) is 0.676. The molecule has 1 saturated heterocycles. The molecule has 1 aliphatic rings. The van der Waals surface area contributed by atoms with Crippen molar-refractivity contribution < 1.29 is 9.59 Å². The molecular formula is C19H18ClN3O2. The Morgan fingerprint density at radius 3 is 2.68 bits per heavy atom. The van der Waals surface area contributed by atoms with Gasteiger partial charge >= 0.3 is 0 Å². The van der Waals surface area contributed by atoms with Gasteiger partial charge in [-0.15, -0.1) is 0 Å². The number of hydrogen-bond acceptors (Lipinski definition) is 3. The average Bonchev–Trinajstić information content (AvgIpc) is 2.99. The maximum Gasteiger partial charge on any atom is 0.245 e. The topological polar surface area (TPSA) is 61.8 Å². The van der Waals surface area contributed by atoms with Crippen LogP contribution in [0.25, 0.3) is 0 Å². The third-order valence-corrected chi connectivity index (χ3v) is 4.47. The molecule has 1 unspecified atom stereocenters. The Balaban J connectivity index is 1.61. The van der Waals surface area contributed by atoms with Crippen LogP contribution in [0.4, 0.5) is 5.69 Å². The lowest BCUT2D eigenvalue weighted by atomic mass is 10.1. The molecule has 1 fully saturated rings. The van der Waals surface area contributed by atoms with Crippen LogP contribution in [0.15, 0.2) is 53.6 Å². The first-order valence-electron chi connectivity index (χ1n) is 7.99. The highest BCUT2D eigenvalue weighted by atomic mass is 35.5. The molecule has 3 rings (SSSR count). The number of rotatable bonds is 4. The number of hydrogen-bond donors (Lipinski definition) is 1. The fourth-order valence-electron chi connectivity index (χ4n) is 2.69. The normalized spacial score (nSPS) is 17.3. The van der Waals surface area contributed by atoms with Crippen molar-refractivity contribution in [3.63, 3.8) is 0 Å². The van der Waals surface area contributed by atoms with Crippen LogP contribution in [0.2, 0.25) is 5.02 Å². The Morgan fingerprint density at radius 1 is 1.24 bits per heavy atom. The van der Waals surface area contributed by atoms with Gasteiger partial charge in [0.1, 0.15) is 0 Å².